The van der Waals surface area contributed by atoms with E-state index < -0.39 is 10.0 Å². The number of aromatic amines is 1. The van der Waals surface area contributed by atoms with Crippen LogP contribution in [0.3, 0.4) is 0 Å². The third kappa shape index (κ3) is 2.44. The van der Waals surface area contributed by atoms with Crippen molar-refractivity contribution in [2.24, 2.45) is 0 Å². The Balaban J connectivity index is 1.99. The Morgan fingerprint density at radius 1 is 1.14 bits per heavy atom. The van der Waals surface area contributed by atoms with Gasteiger partial charge in [0.2, 0.25) is 0 Å². The monoisotopic (exact) mass is 298 g/mol. The second kappa shape index (κ2) is 4.92. The molecule has 0 aliphatic carbocycles. The summed E-state index contributed by atoms with van der Waals surface area (Å²) >= 11 is 0. The van der Waals surface area contributed by atoms with Crippen LogP contribution in [0, 0.1) is 11.3 Å². The highest BCUT2D eigenvalue weighted by atomic mass is 32.2. The first-order chi connectivity index (χ1) is 10.1. The first-order valence-electron chi connectivity index (χ1n) is 6.05. The summed E-state index contributed by atoms with van der Waals surface area (Å²) in [4.78, 5) is 0.0954. The fourth-order valence-corrected chi connectivity index (χ4v) is 3.04. The molecule has 1 heterocycles. The summed E-state index contributed by atoms with van der Waals surface area (Å²) in [5.74, 6) is 0. The Bertz CT molecular complexity index is 937. The molecular formula is C14H10N4O2S. The minimum atomic E-state index is -3.71. The van der Waals surface area contributed by atoms with E-state index in [-0.39, 0.29) is 4.90 Å². The van der Waals surface area contributed by atoms with Crippen molar-refractivity contribution in [3.63, 3.8) is 0 Å². The summed E-state index contributed by atoms with van der Waals surface area (Å²) in [5, 5.41) is 16.2. The first kappa shape index (κ1) is 13.1. The number of hydrogen-bond donors (Lipinski definition) is 2. The van der Waals surface area contributed by atoms with Crippen LogP contribution in [-0.4, -0.2) is 18.6 Å². The Morgan fingerprint density at radius 3 is 2.62 bits per heavy atom. The van der Waals surface area contributed by atoms with Crippen molar-refractivity contribution >= 4 is 26.6 Å². The number of anilines is 1. The second-order valence-electron chi connectivity index (χ2n) is 4.38. The molecule has 7 heteroatoms. The molecule has 0 radical (unpaired) electrons. The maximum absolute atomic E-state index is 12.3. The molecule has 0 unspecified atom stereocenters. The van der Waals surface area contributed by atoms with Gasteiger partial charge in [0.25, 0.3) is 10.0 Å². The number of hydrogen-bond acceptors (Lipinski definition) is 4. The predicted octanol–water partition coefficient (Wildman–Crippen LogP) is 2.24. The molecule has 3 aromatic rings. The number of para-hydroxylation sites is 1. The molecule has 2 aromatic carbocycles. The number of nitrogens with zero attached hydrogens (tertiary/aromatic N) is 2. The van der Waals surface area contributed by atoms with E-state index >= 15 is 0 Å². The highest BCUT2D eigenvalue weighted by molar-refractivity contribution is 7.92. The fraction of sp³-hybridized carbons (Fsp3) is 0. The van der Waals surface area contributed by atoms with Gasteiger partial charge in [-0.3, -0.25) is 9.82 Å². The van der Waals surface area contributed by atoms with Crippen molar-refractivity contribution in [2.75, 3.05) is 4.72 Å². The average molecular weight is 298 g/mol. The summed E-state index contributed by atoms with van der Waals surface area (Å²) in [6.07, 6.45) is 1.62. The van der Waals surface area contributed by atoms with Crippen LogP contribution in [-0.2, 0) is 10.0 Å². The maximum Gasteiger partial charge on any atom is 0.261 e. The number of rotatable bonds is 3. The minimum absolute atomic E-state index is 0.0954. The minimum Gasteiger partial charge on any atom is -0.277 e. The third-order valence-corrected chi connectivity index (χ3v) is 4.40. The van der Waals surface area contributed by atoms with Crippen LogP contribution >= 0.6 is 0 Å². The standard InChI is InChI=1S/C14H10N4O2S/c15-8-10-4-6-12(7-5-10)21(19,20)18-13-3-1-2-11-9-16-17-14(11)13/h1-7,9,18H,(H,16,17). The summed E-state index contributed by atoms with van der Waals surface area (Å²) in [5.41, 5.74) is 1.45. The van der Waals surface area contributed by atoms with Crippen molar-refractivity contribution in [2.45, 2.75) is 4.90 Å². The second-order valence-corrected chi connectivity index (χ2v) is 6.06. The van der Waals surface area contributed by atoms with Crippen molar-refractivity contribution in [1.82, 2.24) is 10.2 Å². The van der Waals surface area contributed by atoms with Gasteiger partial charge in [0, 0.05) is 5.39 Å². The van der Waals surface area contributed by atoms with E-state index in [0.717, 1.165) is 5.39 Å². The van der Waals surface area contributed by atoms with Crippen LogP contribution in [0.1, 0.15) is 5.56 Å². The van der Waals surface area contributed by atoms with Gasteiger partial charge in [-0.2, -0.15) is 10.4 Å². The summed E-state index contributed by atoms with van der Waals surface area (Å²) in [6.45, 7) is 0. The molecule has 3 rings (SSSR count). The topological polar surface area (TPSA) is 98.6 Å². The predicted molar refractivity (Wildman–Crippen MR) is 78.1 cm³/mol. The average Bonchev–Trinajstić information content (AvgIpc) is 2.97. The molecule has 0 atom stereocenters. The molecule has 0 spiro atoms. The van der Waals surface area contributed by atoms with Gasteiger partial charge >= 0.3 is 0 Å². The quantitative estimate of drug-likeness (QED) is 0.774. The molecule has 0 bridgehead atoms. The molecule has 2 N–H and O–H groups in total. The van der Waals surface area contributed by atoms with Crippen LogP contribution in [0.15, 0.2) is 53.6 Å². The Hall–Kier alpha value is -2.85. The van der Waals surface area contributed by atoms with Gasteiger partial charge in [-0.25, -0.2) is 8.42 Å². The van der Waals surface area contributed by atoms with E-state index in [4.69, 9.17) is 5.26 Å². The zero-order valence-corrected chi connectivity index (χ0v) is 11.6. The van der Waals surface area contributed by atoms with Gasteiger partial charge in [0.05, 0.1) is 33.9 Å². The summed E-state index contributed by atoms with van der Waals surface area (Å²) in [7, 11) is -3.71. The van der Waals surface area contributed by atoms with Crippen LogP contribution in [0.2, 0.25) is 0 Å². The molecule has 104 valence electrons. The zero-order chi connectivity index (χ0) is 14.9. The molecule has 0 aliphatic heterocycles. The molecule has 6 nitrogen and oxygen atoms in total. The number of benzene rings is 2. The maximum atomic E-state index is 12.3. The van der Waals surface area contributed by atoms with Gasteiger partial charge in [0.1, 0.15) is 0 Å². The van der Waals surface area contributed by atoms with Gasteiger partial charge < -0.3 is 0 Å². The van der Waals surface area contributed by atoms with Crippen molar-refractivity contribution in [1.29, 1.82) is 5.26 Å². The molecule has 0 fully saturated rings. The summed E-state index contributed by atoms with van der Waals surface area (Å²) in [6, 6.07) is 12.9. The van der Waals surface area contributed by atoms with Gasteiger partial charge in [-0.1, -0.05) is 12.1 Å². The Labute approximate surface area is 121 Å². The van der Waals surface area contributed by atoms with Crippen LogP contribution < -0.4 is 4.72 Å². The third-order valence-electron chi connectivity index (χ3n) is 3.01. The lowest BCUT2D eigenvalue weighted by molar-refractivity contribution is 0.601. The number of aromatic nitrogens is 2. The Kier molecular flexibility index (Phi) is 3.08. The number of sulfonamides is 1. The molecule has 1 aromatic heterocycles. The highest BCUT2D eigenvalue weighted by Crippen LogP contribution is 2.23. The highest BCUT2D eigenvalue weighted by Gasteiger charge is 2.15. The van der Waals surface area contributed by atoms with Crippen molar-refractivity contribution in [3.8, 4) is 6.07 Å². The molecular weight excluding hydrogens is 288 g/mol. The summed E-state index contributed by atoms with van der Waals surface area (Å²) < 4.78 is 27.2. The number of fused-ring (bicyclic) bond motifs is 1. The number of nitrogens with one attached hydrogen (secondary N) is 2. The molecule has 0 aliphatic rings. The van der Waals surface area contributed by atoms with Crippen LogP contribution in [0.5, 0.6) is 0 Å². The zero-order valence-electron chi connectivity index (χ0n) is 10.7. The normalized spacial score (nSPS) is 11.2. The van der Waals surface area contributed by atoms with E-state index in [1.54, 1.807) is 18.3 Å². The number of nitriles is 1. The van der Waals surface area contributed by atoms with Crippen molar-refractivity contribution < 1.29 is 8.42 Å². The number of H-pyrrole nitrogens is 1. The fourth-order valence-electron chi connectivity index (χ4n) is 1.97. The smallest absolute Gasteiger partial charge is 0.261 e. The van der Waals surface area contributed by atoms with E-state index in [1.165, 1.54) is 24.3 Å². The van der Waals surface area contributed by atoms with E-state index in [2.05, 4.69) is 14.9 Å². The lowest BCUT2D eigenvalue weighted by Crippen LogP contribution is -2.13. The molecule has 0 saturated heterocycles. The molecule has 0 amide bonds. The molecule has 21 heavy (non-hydrogen) atoms. The van der Waals surface area contributed by atoms with E-state index in [9.17, 15) is 8.42 Å². The van der Waals surface area contributed by atoms with Crippen molar-refractivity contribution in [3.05, 3.63) is 54.2 Å². The van der Waals surface area contributed by atoms with E-state index in [1.807, 2.05) is 12.1 Å². The van der Waals surface area contributed by atoms with E-state index in [0.29, 0.717) is 16.8 Å². The molecule has 0 saturated carbocycles. The lowest BCUT2D eigenvalue weighted by atomic mass is 10.2. The SMILES string of the molecule is N#Cc1ccc(S(=O)(=O)Nc2cccc3cn[nH]c23)cc1. The Morgan fingerprint density at radius 2 is 1.90 bits per heavy atom. The van der Waals surface area contributed by atoms with Gasteiger partial charge in [0.15, 0.2) is 0 Å². The lowest BCUT2D eigenvalue weighted by Gasteiger charge is -2.08. The van der Waals surface area contributed by atoms with Gasteiger partial charge in [-0.05, 0) is 30.3 Å². The van der Waals surface area contributed by atoms with Crippen LogP contribution in [0.25, 0.3) is 10.9 Å². The largest absolute Gasteiger partial charge is 0.277 e. The van der Waals surface area contributed by atoms with Crippen LogP contribution in [0.4, 0.5) is 5.69 Å². The van der Waals surface area contributed by atoms with Gasteiger partial charge in [-0.15, -0.1) is 0 Å². The first-order valence-corrected chi connectivity index (χ1v) is 7.53.